The molecule has 0 saturated carbocycles. The summed E-state index contributed by atoms with van der Waals surface area (Å²) >= 11 is 0. The fraction of sp³-hybridized carbons (Fsp3) is 0.571. The summed E-state index contributed by atoms with van der Waals surface area (Å²) in [5.74, 6) is 0.282. The Kier molecular flexibility index (Phi) is 5.00. The highest BCUT2D eigenvalue weighted by molar-refractivity contribution is 5.77. The van der Waals surface area contributed by atoms with Crippen LogP contribution in [-0.4, -0.2) is 50.1 Å². The monoisotopic (exact) mass is 367 g/mol. The summed E-state index contributed by atoms with van der Waals surface area (Å²) in [6, 6.07) is 4.00. The fourth-order valence-electron chi connectivity index (χ4n) is 4.68. The summed E-state index contributed by atoms with van der Waals surface area (Å²) in [5.41, 5.74) is 3.90. The Morgan fingerprint density at radius 3 is 2.81 bits per heavy atom. The zero-order valence-electron chi connectivity index (χ0n) is 16.4. The molecule has 2 saturated heterocycles. The van der Waals surface area contributed by atoms with E-state index < -0.39 is 0 Å². The van der Waals surface area contributed by atoms with Gasteiger partial charge in [0.05, 0.1) is 6.20 Å². The molecule has 2 aromatic rings. The van der Waals surface area contributed by atoms with Crippen LogP contribution in [0.5, 0.6) is 0 Å². The average Bonchev–Trinajstić information content (AvgIpc) is 2.98. The number of nitrogens with zero attached hydrogens (tertiary/aromatic N) is 5. The minimum Gasteiger partial charge on any atom is -0.338 e. The predicted octanol–water partition coefficient (Wildman–Crippen LogP) is 2.53. The number of rotatable bonds is 4. The topological polar surface area (TPSA) is 54.3 Å². The first-order chi connectivity index (χ1) is 13.0. The highest BCUT2D eigenvalue weighted by Gasteiger charge is 2.41. The number of pyridine rings is 1. The maximum atomic E-state index is 12.5. The number of hydrogen-bond donors (Lipinski definition) is 0. The van der Waals surface area contributed by atoms with Gasteiger partial charge in [0.15, 0.2) is 0 Å². The molecule has 0 aromatic carbocycles. The molecular formula is C21H29N5O. The molecule has 6 nitrogen and oxygen atoms in total. The molecule has 4 heterocycles. The van der Waals surface area contributed by atoms with Crippen molar-refractivity contribution in [2.24, 2.45) is 12.5 Å². The van der Waals surface area contributed by atoms with Crippen LogP contribution < -0.4 is 0 Å². The largest absolute Gasteiger partial charge is 0.338 e. The van der Waals surface area contributed by atoms with Gasteiger partial charge >= 0.3 is 0 Å². The second-order valence-electron chi connectivity index (χ2n) is 8.30. The minimum atomic E-state index is 0.227. The number of hydrogen-bond acceptors (Lipinski definition) is 4. The highest BCUT2D eigenvalue weighted by atomic mass is 16.2. The van der Waals surface area contributed by atoms with Crippen LogP contribution in [0.25, 0.3) is 0 Å². The molecule has 27 heavy (non-hydrogen) atoms. The standard InChI is InChI=1S/C21H29N5O/c1-17-19(12-23-24(17)2)14-25-10-4-7-21(15-25)8-6-20(27)26(16-21)13-18-5-3-9-22-11-18/h3,5,9,11-12H,4,6-8,10,13-16H2,1-2H3. The first-order valence-electron chi connectivity index (χ1n) is 9.91. The van der Waals surface area contributed by atoms with Gasteiger partial charge in [-0.15, -0.1) is 0 Å². The summed E-state index contributed by atoms with van der Waals surface area (Å²) in [7, 11) is 2.00. The third kappa shape index (κ3) is 3.90. The van der Waals surface area contributed by atoms with E-state index in [0.717, 1.165) is 38.2 Å². The lowest BCUT2D eigenvalue weighted by molar-refractivity contribution is -0.140. The second kappa shape index (κ2) is 7.43. The van der Waals surface area contributed by atoms with Gasteiger partial charge in [-0.1, -0.05) is 6.07 Å². The van der Waals surface area contributed by atoms with E-state index >= 15 is 0 Å². The van der Waals surface area contributed by atoms with Crippen LogP contribution >= 0.6 is 0 Å². The van der Waals surface area contributed by atoms with Crippen LogP contribution in [0.2, 0.25) is 0 Å². The number of aromatic nitrogens is 3. The van der Waals surface area contributed by atoms with Crippen LogP contribution in [0.1, 0.15) is 42.5 Å². The van der Waals surface area contributed by atoms with Gasteiger partial charge in [-0.2, -0.15) is 5.10 Å². The molecule has 1 atom stereocenters. The first kappa shape index (κ1) is 18.2. The Morgan fingerprint density at radius 1 is 1.19 bits per heavy atom. The fourth-order valence-corrected chi connectivity index (χ4v) is 4.68. The predicted molar refractivity (Wildman–Crippen MR) is 104 cm³/mol. The molecular weight excluding hydrogens is 338 g/mol. The van der Waals surface area contributed by atoms with E-state index in [9.17, 15) is 4.79 Å². The smallest absolute Gasteiger partial charge is 0.222 e. The number of carbonyl (C=O) groups is 1. The summed E-state index contributed by atoms with van der Waals surface area (Å²) in [6.07, 6.45) is 9.74. The van der Waals surface area contributed by atoms with Gasteiger partial charge in [-0.05, 0) is 44.4 Å². The van der Waals surface area contributed by atoms with Crippen LogP contribution in [0, 0.1) is 12.3 Å². The van der Waals surface area contributed by atoms with Crippen molar-refractivity contribution >= 4 is 5.91 Å². The average molecular weight is 367 g/mol. The number of aryl methyl sites for hydroxylation is 1. The molecule has 4 rings (SSSR count). The molecule has 2 aliphatic rings. The van der Waals surface area contributed by atoms with Crippen LogP contribution in [0.15, 0.2) is 30.7 Å². The normalized spacial score (nSPS) is 23.9. The van der Waals surface area contributed by atoms with Gasteiger partial charge < -0.3 is 4.90 Å². The van der Waals surface area contributed by atoms with Crippen LogP contribution in [-0.2, 0) is 24.9 Å². The van der Waals surface area contributed by atoms with Gasteiger partial charge in [0.2, 0.25) is 5.91 Å². The van der Waals surface area contributed by atoms with Gasteiger partial charge in [0, 0.05) is 68.7 Å². The zero-order chi connectivity index (χ0) is 18.9. The van der Waals surface area contributed by atoms with Crippen molar-refractivity contribution in [3.63, 3.8) is 0 Å². The van der Waals surface area contributed by atoms with Crippen LogP contribution in [0.3, 0.4) is 0 Å². The maximum Gasteiger partial charge on any atom is 0.222 e. The molecule has 2 aromatic heterocycles. The van der Waals surface area contributed by atoms with E-state index in [2.05, 4.69) is 32.9 Å². The molecule has 6 heteroatoms. The van der Waals surface area contributed by atoms with Crippen molar-refractivity contribution < 1.29 is 4.79 Å². The van der Waals surface area contributed by atoms with E-state index in [1.165, 1.54) is 24.1 Å². The first-order valence-corrected chi connectivity index (χ1v) is 9.91. The molecule has 0 radical (unpaired) electrons. The summed E-state index contributed by atoms with van der Waals surface area (Å²) in [6.45, 7) is 6.83. The molecule has 1 spiro atoms. The van der Waals surface area contributed by atoms with E-state index in [0.29, 0.717) is 13.0 Å². The Bertz CT molecular complexity index is 802. The third-order valence-corrected chi connectivity index (χ3v) is 6.32. The van der Waals surface area contributed by atoms with Crippen LogP contribution in [0.4, 0.5) is 0 Å². The Hall–Kier alpha value is -2.21. The molecule has 0 bridgehead atoms. The third-order valence-electron chi connectivity index (χ3n) is 6.32. The molecule has 0 N–H and O–H groups in total. The Balaban J connectivity index is 1.45. The van der Waals surface area contributed by atoms with E-state index in [1.807, 2.05) is 30.2 Å². The summed E-state index contributed by atoms with van der Waals surface area (Å²) in [4.78, 5) is 21.3. The molecule has 1 unspecified atom stereocenters. The maximum absolute atomic E-state index is 12.5. The highest BCUT2D eigenvalue weighted by Crippen LogP contribution is 2.39. The lowest BCUT2D eigenvalue weighted by Gasteiger charge is -2.48. The van der Waals surface area contributed by atoms with E-state index in [-0.39, 0.29) is 11.3 Å². The minimum absolute atomic E-state index is 0.227. The molecule has 2 fully saturated rings. The number of amides is 1. The van der Waals surface area contributed by atoms with E-state index in [1.54, 1.807) is 6.20 Å². The SMILES string of the molecule is Cc1c(CN2CCCC3(CCC(=O)N(Cc4cccnc4)C3)C2)cnn1C. The molecule has 0 aliphatic carbocycles. The summed E-state index contributed by atoms with van der Waals surface area (Å²) < 4.78 is 1.95. The Labute approximate surface area is 161 Å². The van der Waals surface area contributed by atoms with Crippen molar-refractivity contribution in [1.29, 1.82) is 0 Å². The van der Waals surface area contributed by atoms with Gasteiger partial charge in [0.25, 0.3) is 0 Å². The van der Waals surface area contributed by atoms with Crippen molar-refractivity contribution in [1.82, 2.24) is 24.6 Å². The molecule has 144 valence electrons. The lowest BCUT2D eigenvalue weighted by atomic mass is 9.73. The lowest BCUT2D eigenvalue weighted by Crippen LogP contribution is -2.53. The Morgan fingerprint density at radius 2 is 2.07 bits per heavy atom. The van der Waals surface area contributed by atoms with Gasteiger partial charge in [-0.3, -0.25) is 19.4 Å². The quantitative estimate of drug-likeness (QED) is 0.833. The van der Waals surface area contributed by atoms with E-state index in [4.69, 9.17) is 0 Å². The second-order valence-corrected chi connectivity index (χ2v) is 8.30. The molecule has 1 amide bonds. The molecule has 2 aliphatic heterocycles. The van der Waals surface area contributed by atoms with Crippen molar-refractivity contribution in [3.8, 4) is 0 Å². The number of carbonyl (C=O) groups excluding carboxylic acids is 1. The number of piperidine rings is 2. The van der Waals surface area contributed by atoms with Crippen molar-refractivity contribution in [2.75, 3.05) is 19.6 Å². The van der Waals surface area contributed by atoms with Gasteiger partial charge in [-0.25, -0.2) is 0 Å². The van der Waals surface area contributed by atoms with Crippen molar-refractivity contribution in [2.45, 2.75) is 45.7 Å². The summed E-state index contributed by atoms with van der Waals surface area (Å²) in [5, 5.41) is 4.39. The van der Waals surface area contributed by atoms with Gasteiger partial charge in [0.1, 0.15) is 0 Å². The van der Waals surface area contributed by atoms with Crippen molar-refractivity contribution in [3.05, 3.63) is 47.5 Å². The number of likely N-dealkylation sites (tertiary alicyclic amines) is 2. The zero-order valence-corrected chi connectivity index (χ0v) is 16.4.